The van der Waals surface area contributed by atoms with Crippen LogP contribution in [-0.4, -0.2) is 25.5 Å². The Kier molecular flexibility index (Phi) is 4.71. The smallest absolute Gasteiger partial charge is 0.337 e. The van der Waals surface area contributed by atoms with Crippen LogP contribution in [0.4, 0.5) is 5.69 Å². The average Bonchev–Trinajstić information content (AvgIpc) is 2.18. The van der Waals surface area contributed by atoms with Gasteiger partial charge in [0.25, 0.3) is 10.2 Å². The highest BCUT2D eigenvalue weighted by molar-refractivity contribution is 9.10. The third-order valence-electron chi connectivity index (χ3n) is 1.87. The second-order valence-corrected chi connectivity index (χ2v) is 6.15. The van der Waals surface area contributed by atoms with Crippen LogP contribution in [0.3, 0.4) is 0 Å². The van der Waals surface area contributed by atoms with Gasteiger partial charge in [0.15, 0.2) is 0 Å². The van der Waals surface area contributed by atoms with Gasteiger partial charge in [-0.2, -0.15) is 13.1 Å². The molecule has 0 spiro atoms. The molecular formula is C10H13BrN2O4S. The molecular weight excluding hydrogens is 324 g/mol. The van der Waals surface area contributed by atoms with Crippen LogP contribution in [0.15, 0.2) is 22.7 Å². The monoisotopic (exact) mass is 336 g/mol. The summed E-state index contributed by atoms with van der Waals surface area (Å²) in [6, 6.07) is 4.10. The van der Waals surface area contributed by atoms with Gasteiger partial charge in [-0.15, -0.1) is 0 Å². The average molecular weight is 337 g/mol. The first-order valence-electron chi connectivity index (χ1n) is 5.05. The Morgan fingerprint density at radius 3 is 2.50 bits per heavy atom. The number of hydrogen-bond acceptors (Lipinski definition) is 3. The highest BCUT2D eigenvalue weighted by atomic mass is 79.9. The van der Waals surface area contributed by atoms with Gasteiger partial charge >= 0.3 is 5.97 Å². The molecule has 0 radical (unpaired) electrons. The number of anilines is 1. The Morgan fingerprint density at radius 1 is 1.39 bits per heavy atom. The summed E-state index contributed by atoms with van der Waals surface area (Å²) in [5.74, 6) is -1.21. The largest absolute Gasteiger partial charge is 0.478 e. The lowest BCUT2D eigenvalue weighted by molar-refractivity contribution is 0.0698. The fourth-order valence-electron chi connectivity index (χ4n) is 1.28. The molecule has 0 aromatic heterocycles. The van der Waals surface area contributed by atoms with Crippen molar-refractivity contribution in [3.8, 4) is 0 Å². The molecule has 18 heavy (non-hydrogen) atoms. The molecule has 0 aliphatic heterocycles. The summed E-state index contributed by atoms with van der Waals surface area (Å²) in [5, 5.41) is 8.99. The van der Waals surface area contributed by atoms with E-state index < -0.39 is 16.2 Å². The van der Waals surface area contributed by atoms with E-state index in [2.05, 4.69) is 25.4 Å². The van der Waals surface area contributed by atoms with E-state index in [1.807, 2.05) is 0 Å². The summed E-state index contributed by atoms with van der Waals surface area (Å²) < 4.78 is 28.3. The first-order chi connectivity index (χ1) is 8.23. The Balaban J connectivity index is 3.15. The van der Waals surface area contributed by atoms with Gasteiger partial charge in [-0.1, -0.05) is 6.07 Å². The van der Waals surface area contributed by atoms with Gasteiger partial charge in [-0.05, 0) is 41.9 Å². The van der Waals surface area contributed by atoms with Crippen molar-refractivity contribution in [2.75, 3.05) is 4.72 Å². The topological polar surface area (TPSA) is 95.5 Å². The molecule has 0 atom stereocenters. The molecule has 0 fully saturated rings. The van der Waals surface area contributed by atoms with Crippen LogP contribution >= 0.6 is 15.9 Å². The number of aromatic carboxylic acids is 1. The van der Waals surface area contributed by atoms with Gasteiger partial charge in [0, 0.05) is 10.5 Å². The summed E-state index contributed by atoms with van der Waals surface area (Å²) in [7, 11) is -3.81. The van der Waals surface area contributed by atoms with Gasteiger partial charge in [-0.25, -0.2) is 4.79 Å². The first-order valence-corrected chi connectivity index (χ1v) is 7.32. The molecule has 1 aromatic rings. The third-order valence-corrected chi connectivity index (χ3v) is 3.79. The number of hydrogen-bond donors (Lipinski definition) is 3. The Labute approximate surface area is 114 Å². The van der Waals surface area contributed by atoms with Crippen molar-refractivity contribution < 1.29 is 18.3 Å². The number of para-hydroxylation sites is 1. The number of carboxylic acids is 1. The fourth-order valence-corrected chi connectivity index (χ4v) is 3.04. The summed E-state index contributed by atoms with van der Waals surface area (Å²) in [5.41, 5.74) is -0.128. The Bertz CT molecular complexity index is 557. The summed E-state index contributed by atoms with van der Waals surface area (Å²) in [4.78, 5) is 11.0. The molecule has 0 saturated heterocycles. The molecule has 0 aliphatic carbocycles. The lowest BCUT2D eigenvalue weighted by atomic mass is 10.2. The summed E-state index contributed by atoms with van der Waals surface area (Å²) in [6.45, 7) is 3.33. The molecule has 0 unspecified atom stereocenters. The standard InChI is InChI=1S/C10H13BrN2O4S/c1-6(2)12-18(16,17)13-9-7(10(14)15)4-3-5-8(9)11/h3-6,12-13H,1-2H3,(H,14,15). The van der Waals surface area contributed by atoms with Gasteiger partial charge < -0.3 is 5.11 Å². The molecule has 8 heteroatoms. The number of carbonyl (C=O) groups is 1. The third kappa shape index (κ3) is 3.97. The van der Waals surface area contributed by atoms with Crippen LogP contribution in [-0.2, 0) is 10.2 Å². The molecule has 6 nitrogen and oxygen atoms in total. The van der Waals surface area contributed by atoms with Crippen LogP contribution in [0.25, 0.3) is 0 Å². The lowest BCUT2D eigenvalue weighted by Crippen LogP contribution is -2.35. The number of rotatable bonds is 5. The maximum atomic E-state index is 11.7. The van der Waals surface area contributed by atoms with Crippen LogP contribution in [0.1, 0.15) is 24.2 Å². The predicted octanol–water partition coefficient (Wildman–Crippen LogP) is 1.80. The molecule has 1 aromatic carbocycles. The second kappa shape index (κ2) is 5.68. The van der Waals surface area contributed by atoms with Crippen molar-refractivity contribution in [2.24, 2.45) is 0 Å². The SMILES string of the molecule is CC(C)NS(=O)(=O)Nc1c(Br)cccc1C(=O)O. The van der Waals surface area contributed by atoms with Crippen molar-refractivity contribution in [3.05, 3.63) is 28.2 Å². The zero-order chi connectivity index (χ0) is 13.9. The normalized spacial score (nSPS) is 11.6. The van der Waals surface area contributed by atoms with Crippen molar-refractivity contribution >= 4 is 37.8 Å². The van der Waals surface area contributed by atoms with Crippen molar-refractivity contribution in [2.45, 2.75) is 19.9 Å². The predicted molar refractivity (Wildman–Crippen MR) is 71.9 cm³/mol. The molecule has 100 valence electrons. The Morgan fingerprint density at radius 2 is 2.00 bits per heavy atom. The number of nitrogens with one attached hydrogen (secondary N) is 2. The second-order valence-electron chi connectivity index (χ2n) is 3.85. The summed E-state index contributed by atoms with van der Waals surface area (Å²) in [6.07, 6.45) is 0. The first kappa shape index (κ1) is 14.9. The highest BCUT2D eigenvalue weighted by Crippen LogP contribution is 2.27. The van der Waals surface area contributed by atoms with Crippen LogP contribution in [0, 0.1) is 0 Å². The van der Waals surface area contributed by atoms with Crippen LogP contribution in [0.2, 0.25) is 0 Å². The van der Waals surface area contributed by atoms with E-state index in [9.17, 15) is 13.2 Å². The molecule has 0 amide bonds. The van der Waals surface area contributed by atoms with E-state index in [1.165, 1.54) is 12.1 Å². The quantitative estimate of drug-likeness (QED) is 0.763. The van der Waals surface area contributed by atoms with Crippen molar-refractivity contribution in [3.63, 3.8) is 0 Å². The van der Waals surface area contributed by atoms with Crippen LogP contribution in [0.5, 0.6) is 0 Å². The Hall–Kier alpha value is -1.12. The number of carboxylic acid groups (broad SMARTS) is 1. The zero-order valence-corrected chi connectivity index (χ0v) is 12.2. The molecule has 0 aliphatic rings. The highest BCUT2D eigenvalue weighted by Gasteiger charge is 2.19. The van der Waals surface area contributed by atoms with E-state index in [4.69, 9.17) is 5.11 Å². The lowest BCUT2D eigenvalue weighted by Gasteiger charge is -2.14. The maximum Gasteiger partial charge on any atom is 0.337 e. The van der Waals surface area contributed by atoms with E-state index in [0.29, 0.717) is 4.47 Å². The van der Waals surface area contributed by atoms with Gasteiger partial charge in [-0.3, -0.25) is 4.72 Å². The van der Waals surface area contributed by atoms with Crippen molar-refractivity contribution in [1.82, 2.24) is 4.72 Å². The van der Waals surface area contributed by atoms with Crippen LogP contribution < -0.4 is 9.44 Å². The summed E-state index contributed by atoms with van der Waals surface area (Å²) >= 11 is 3.12. The fraction of sp³-hybridized carbons (Fsp3) is 0.300. The molecule has 0 heterocycles. The van der Waals surface area contributed by atoms with Crippen molar-refractivity contribution in [1.29, 1.82) is 0 Å². The molecule has 0 saturated carbocycles. The minimum Gasteiger partial charge on any atom is -0.478 e. The minimum atomic E-state index is -3.81. The van der Waals surface area contributed by atoms with E-state index in [-0.39, 0.29) is 17.3 Å². The van der Waals surface area contributed by atoms with Gasteiger partial charge in [0.05, 0.1) is 11.3 Å². The van der Waals surface area contributed by atoms with Gasteiger partial charge in [0.1, 0.15) is 0 Å². The van der Waals surface area contributed by atoms with E-state index in [1.54, 1.807) is 19.9 Å². The zero-order valence-electron chi connectivity index (χ0n) is 9.77. The molecule has 0 bridgehead atoms. The number of halogens is 1. The van der Waals surface area contributed by atoms with Gasteiger partial charge in [0.2, 0.25) is 0 Å². The molecule has 3 N–H and O–H groups in total. The van der Waals surface area contributed by atoms with E-state index >= 15 is 0 Å². The molecule has 1 rings (SSSR count). The minimum absolute atomic E-state index is 0.00171. The van der Waals surface area contributed by atoms with E-state index in [0.717, 1.165) is 0 Å². The number of benzene rings is 1. The maximum absolute atomic E-state index is 11.7.